The summed E-state index contributed by atoms with van der Waals surface area (Å²) in [6, 6.07) is 10.6. The Labute approximate surface area is 111 Å². The lowest BCUT2D eigenvalue weighted by Crippen LogP contribution is -2.19. The zero-order chi connectivity index (χ0) is 14.3. The van der Waals surface area contributed by atoms with Gasteiger partial charge in [0.2, 0.25) is 0 Å². The van der Waals surface area contributed by atoms with Crippen molar-refractivity contribution in [3.63, 3.8) is 0 Å². The Morgan fingerprint density at radius 3 is 2.42 bits per heavy atom. The first kappa shape index (κ1) is 10.6. The van der Waals surface area contributed by atoms with Crippen molar-refractivity contribution in [2.75, 3.05) is 4.90 Å². The smallest absolute Gasteiger partial charge is 0.251 e. The highest BCUT2D eigenvalue weighted by atomic mass is 19.1. The number of halogens is 1. The molecule has 0 saturated heterocycles. The SMILES string of the molecule is [2H]c1ccc(N2Cc3ccccc3C2)c(F)c1C(N)=O. The van der Waals surface area contributed by atoms with Crippen LogP contribution in [0.4, 0.5) is 10.1 Å². The van der Waals surface area contributed by atoms with E-state index in [1.807, 2.05) is 29.2 Å². The molecular weight excluding hydrogens is 243 g/mol. The Balaban J connectivity index is 2.02. The average Bonchev–Trinajstić information content (AvgIpc) is 2.81. The van der Waals surface area contributed by atoms with Crippen LogP contribution in [0.2, 0.25) is 0 Å². The molecule has 1 aliphatic rings. The molecule has 0 fully saturated rings. The molecule has 0 unspecified atom stereocenters. The van der Waals surface area contributed by atoms with E-state index in [0.717, 1.165) is 11.1 Å². The average molecular weight is 257 g/mol. The standard InChI is InChI=1S/C15H13FN2O/c16-14-12(15(17)19)6-3-7-13(14)18-8-10-4-1-2-5-11(10)9-18/h1-7H,8-9H2,(H2,17,19)/i6D. The van der Waals surface area contributed by atoms with Crippen LogP contribution in [-0.2, 0) is 13.1 Å². The molecule has 0 spiro atoms. The molecule has 2 aromatic carbocycles. The minimum Gasteiger partial charge on any atom is -0.366 e. The molecule has 0 aromatic heterocycles. The Kier molecular flexibility index (Phi) is 2.44. The second-order valence-electron chi connectivity index (χ2n) is 4.54. The van der Waals surface area contributed by atoms with Crippen LogP contribution in [0.5, 0.6) is 0 Å². The van der Waals surface area contributed by atoms with Gasteiger partial charge in [0.25, 0.3) is 5.91 Å². The lowest BCUT2D eigenvalue weighted by atomic mass is 10.1. The highest BCUT2D eigenvalue weighted by molar-refractivity contribution is 5.94. The summed E-state index contributed by atoms with van der Waals surface area (Å²) in [5, 5.41) is 0. The van der Waals surface area contributed by atoms with Crippen molar-refractivity contribution in [2.24, 2.45) is 5.73 Å². The summed E-state index contributed by atoms with van der Waals surface area (Å²) >= 11 is 0. The molecule has 1 heterocycles. The van der Waals surface area contributed by atoms with Gasteiger partial charge in [-0.1, -0.05) is 30.3 Å². The van der Waals surface area contributed by atoms with Crippen molar-refractivity contribution < 1.29 is 10.6 Å². The molecule has 96 valence electrons. The van der Waals surface area contributed by atoms with Gasteiger partial charge in [0.05, 0.1) is 12.6 Å². The number of rotatable bonds is 2. The van der Waals surface area contributed by atoms with Crippen molar-refractivity contribution in [2.45, 2.75) is 13.1 Å². The first-order valence-electron chi connectivity index (χ1n) is 6.48. The number of fused-ring (bicyclic) bond motifs is 1. The molecule has 0 saturated carbocycles. The molecule has 1 aliphatic heterocycles. The highest BCUT2D eigenvalue weighted by Crippen LogP contribution is 2.30. The minimum atomic E-state index is -0.911. The van der Waals surface area contributed by atoms with Gasteiger partial charge in [0, 0.05) is 13.1 Å². The van der Waals surface area contributed by atoms with Crippen LogP contribution in [0.25, 0.3) is 0 Å². The quantitative estimate of drug-likeness (QED) is 0.898. The number of hydrogen-bond acceptors (Lipinski definition) is 2. The van der Waals surface area contributed by atoms with Gasteiger partial charge in [0.15, 0.2) is 5.82 Å². The lowest BCUT2D eigenvalue weighted by molar-refractivity contribution is 0.0996. The van der Waals surface area contributed by atoms with Gasteiger partial charge in [-0.15, -0.1) is 0 Å². The minimum absolute atomic E-state index is 0.185. The number of carbonyl (C=O) groups excluding carboxylic acids is 1. The number of amides is 1. The summed E-state index contributed by atoms with van der Waals surface area (Å²) in [7, 11) is 0. The first-order chi connectivity index (χ1) is 9.58. The summed E-state index contributed by atoms with van der Waals surface area (Å²) in [4.78, 5) is 13.1. The Morgan fingerprint density at radius 2 is 1.84 bits per heavy atom. The Hall–Kier alpha value is -2.36. The molecule has 0 radical (unpaired) electrons. The summed E-state index contributed by atoms with van der Waals surface area (Å²) in [6.45, 7) is 1.17. The van der Waals surface area contributed by atoms with Crippen molar-refractivity contribution in [1.82, 2.24) is 0 Å². The maximum Gasteiger partial charge on any atom is 0.251 e. The zero-order valence-electron chi connectivity index (χ0n) is 11.2. The molecule has 2 N–H and O–H groups in total. The van der Waals surface area contributed by atoms with Crippen LogP contribution >= 0.6 is 0 Å². The van der Waals surface area contributed by atoms with E-state index in [2.05, 4.69) is 0 Å². The van der Waals surface area contributed by atoms with Crippen LogP contribution in [-0.4, -0.2) is 5.91 Å². The van der Waals surface area contributed by atoms with Gasteiger partial charge in [-0.3, -0.25) is 4.79 Å². The summed E-state index contributed by atoms with van der Waals surface area (Å²) in [5.41, 5.74) is 7.39. The monoisotopic (exact) mass is 257 g/mol. The number of benzene rings is 2. The number of primary amides is 1. The molecule has 0 bridgehead atoms. The number of nitrogens with two attached hydrogens (primary N) is 1. The third kappa shape index (κ3) is 1.95. The third-order valence-electron chi connectivity index (χ3n) is 3.34. The van der Waals surface area contributed by atoms with Crippen LogP contribution in [0.15, 0.2) is 42.4 Å². The fraction of sp³-hybridized carbons (Fsp3) is 0.133. The van der Waals surface area contributed by atoms with Crippen LogP contribution < -0.4 is 10.6 Å². The van der Waals surface area contributed by atoms with Gasteiger partial charge in [0.1, 0.15) is 0 Å². The van der Waals surface area contributed by atoms with E-state index in [9.17, 15) is 9.18 Å². The Bertz CT molecular complexity index is 677. The molecule has 4 heteroatoms. The van der Waals surface area contributed by atoms with E-state index in [-0.39, 0.29) is 11.6 Å². The van der Waals surface area contributed by atoms with E-state index >= 15 is 0 Å². The summed E-state index contributed by atoms with van der Waals surface area (Å²) in [5.74, 6) is -1.62. The van der Waals surface area contributed by atoms with E-state index in [0.29, 0.717) is 18.8 Å². The van der Waals surface area contributed by atoms with E-state index in [1.165, 1.54) is 12.1 Å². The molecule has 19 heavy (non-hydrogen) atoms. The maximum atomic E-state index is 14.4. The molecule has 0 atom stereocenters. The number of nitrogens with zero attached hydrogens (tertiary/aromatic N) is 1. The summed E-state index contributed by atoms with van der Waals surface area (Å²) in [6.07, 6.45) is 0. The fourth-order valence-corrected chi connectivity index (χ4v) is 2.40. The highest BCUT2D eigenvalue weighted by Gasteiger charge is 2.23. The maximum absolute atomic E-state index is 14.4. The van der Waals surface area contributed by atoms with Crippen molar-refractivity contribution >= 4 is 11.6 Å². The topological polar surface area (TPSA) is 46.3 Å². The molecule has 3 rings (SSSR count). The molecule has 2 aromatic rings. The molecule has 0 aliphatic carbocycles. The second-order valence-corrected chi connectivity index (χ2v) is 4.54. The van der Waals surface area contributed by atoms with Gasteiger partial charge >= 0.3 is 0 Å². The first-order valence-corrected chi connectivity index (χ1v) is 5.98. The van der Waals surface area contributed by atoms with E-state index in [4.69, 9.17) is 7.10 Å². The predicted molar refractivity (Wildman–Crippen MR) is 71.2 cm³/mol. The van der Waals surface area contributed by atoms with E-state index < -0.39 is 11.7 Å². The molecular formula is C15H13FN2O. The number of anilines is 1. The van der Waals surface area contributed by atoms with Gasteiger partial charge in [-0.2, -0.15) is 0 Å². The zero-order valence-corrected chi connectivity index (χ0v) is 10.2. The van der Waals surface area contributed by atoms with Crippen molar-refractivity contribution in [3.8, 4) is 0 Å². The largest absolute Gasteiger partial charge is 0.366 e. The van der Waals surface area contributed by atoms with Crippen molar-refractivity contribution in [1.29, 1.82) is 0 Å². The normalized spacial score (nSPS) is 14.2. The van der Waals surface area contributed by atoms with E-state index in [1.54, 1.807) is 0 Å². The molecule has 1 amide bonds. The van der Waals surface area contributed by atoms with Crippen LogP contribution in [0.1, 0.15) is 22.9 Å². The second kappa shape index (κ2) is 4.39. The van der Waals surface area contributed by atoms with Crippen molar-refractivity contribution in [3.05, 3.63) is 64.9 Å². The summed E-state index contributed by atoms with van der Waals surface area (Å²) < 4.78 is 22.0. The van der Waals surface area contributed by atoms with Crippen LogP contribution in [0.3, 0.4) is 0 Å². The lowest BCUT2D eigenvalue weighted by Gasteiger charge is -2.19. The third-order valence-corrected chi connectivity index (χ3v) is 3.34. The Morgan fingerprint density at radius 1 is 1.21 bits per heavy atom. The van der Waals surface area contributed by atoms with Gasteiger partial charge < -0.3 is 10.6 Å². The van der Waals surface area contributed by atoms with Crippen LogP contribution in [0, 0.1) is 5.82 Å². The predicted octanol–water partition coefficient (Wildman–Crippen LogP) is 2.44. The number of hydrogen-bond donors (Lipinski definition) is 1. The molecule has 3 nitrogen and oxygen atoms in total. The van der Waals surface area contributed by atoms with Gasteiger partial charge in [-0.25, -0.2) is 4.39 Å². The van der Waals surface area contributed by atoms with Gasteiger partial charge in [-0.05, 0) is 23.2 Å². The number of carbonyl (C=O) groups is 1. The fourth-order valence-electron chi connectivity index (χ4n) is 2.40.